The van der Waals surface area contributed by atoms with Crippen LogP contribution in [0.1, 0.15) is 20.8 Å². The Morgan fingerprint density at radius 3 is 2.48 bits per heavy atom. The van der Waals surface area contributed by atoms with Crippen LogP contribution in [0.4, 0.5) is 9.52 Å². The Bertz CT molecular complexity index is 942. The first kappa shape index (κ1) is 19.0. The van der Waals surface area contributed by atoms with Crippen LogP contribution in [-0.4, -0.2) is 23.3 Å². The molecule has 8 heteroatoms. The summed E-state index contributed by atoms with van der Waals surface area (Å²) in [5, 5.41) is 6.26. The number of halogens is 2. The minimum absolute atomic E-state index is 0.206. The van der Waals surface area contributed by atoms with E-state index in [1.54, 1.807) is 6.20 Å². The Morgan fingerprint density at radius 2 is 1.78 bits per heavy atom. The molecule has 1 heterocycles. The van der Waals surface area contributed by atoms with E-state index in [9.17, 15) is 14.0 Å². The summed E-state index contributed by atoms with van der Waals surface area (Å²) in [4.78, 5) is 29.0. The number of hydrogen-bond acceptors (Lipinski definition) is 4. The molecule has 0 atom stereocenters. The largest absolute Gasteiger partial charge is 0.343 e. The number of aromatic nitrogens is 1. The maximum Gasteiger partial charge on any atom is 0.251 e. The topological polar surface area (TPSA) is 71.1 Å². The SMILES string of the molecule is O=C(CNC(=O)c1ccc(F)cc1)Nc1ncc(Cc2ccc(Cl)cc2)s1. The summed E-state index contributed by atoms with van der Waals surface area (Å²) in [7, 11) is 0. The molecule has 3 aromatic rings. The molecule has 0 fully saturated rings. The molecule has 27 heavy (non-hydrogen) atoms. The molecule has 3 rings (SSSR count). The number of nitrogens with zero attached hydrogens (tertiary/aromatic N) is 1. The Morgan fingerprint density at radius 1 is 1.07 bits per heavy atom. The van der Waals surface area contributed by atoms with Gasteiger partial charge in [-0.1, -0.05) is 23.7 Å². The predicted molar refractivity (Wildman–Crippen MR) is 104 cm³/mol. The van der Waals surface area contributed by atoms with Gasteiger partial charge in [0.15, 0.2) is 5.13 Å². The lowest BCUT2D eigenvalue weighted by molar-refractivity contribution is -0.115. The number of anilines is 1. The van der Waals surface area contributed by atoms with Crippen LogP contribution in [0.15, 0.2) is 54.7 Å². The van der Waals surface area contributed by atoms with E-state index in [4.69, 9.17) is 11.6 Å². The Labute approximate surface area is 164 Å². The summed E-state index contributed by atoms with van der Waals surface area (Å²) in [5.41, 5.74) is 1.37. The Kier molecular flexibility index (Phi) is 6.16. The number of carbonyl (C=O) groups is 2. The average Bonchev–Trinajstić information content (AvgIpc) is 3.09. The first-order chi connectivity index (χ1) is 13.0. The zero-order valence-electron chi connectivity index (χ0n) is 14.0. The van der Waals surface area contributed by atoms with E-state index in [0.717, 1.165) is 10.4 Å². The molecule has 138 valence electrons. The highest BCUT2D eigenvalue weighted by atomic mass is 35.5. The van der Waals surface area contributed by atoms with Crippen LogP contribution in [0.3, 0.4) is 0 Å². The van der Waals surface area contributed by atoms with Crippen molar-refractivity contribution in [2.24, 2.45) is 0 Å². The highest BCUT2D eigenvalue weighted by molar-refractivity contribution is 7.15. The lowest BCUT2D eigenvalue weighted by Gasteiger charge is -2.05. The standard InChI is InChI=1S/C19H15ClFN3O2S/c20-14-5-1-12(2-6-14)9-16-10-23-19(27-16)24-17(25)11-22-18(26)13-3-7-15(21)8-4-13/h1-8,10H,9,11H2,(H,22,26)(H,23,24,25). The van der Waals surface area contributed by atoms with Crippen molar-refractivity contribution < 1.29 is 14.0 Å². The molecular weight excluding hydrogens is 389 g/mol. The van der Waals surface area contributed by atoms with Gasteiger partial charge in [-0.25, -0.2) is 9.37 Å². The molecule has 2 N–H and O–H groups in total. The highest BCUT2D eigenvalue weighted by Crippen LogP contribution is 2.21. The zero-order chi connectivity index (χ0) is 19.2. The van der Waals surface area contributed by atoms with Crippen LogP contribution in [0.5, 0.6) is 0 Å². The molecule has 1 aromatic heterocycles. The summed E-state index contributed by atoms with van der Waals surface area (Å²) >= 11 is 7.23. The summed E-state index contributed by atoms with van der Waals surface area (Å²) in [6, 6.07) is 12.6. The van der Waals surface area contributed by atoms with Gasteiger partial charge in [0, 0.05) is 28.1 Å². The van der Waals surface area contributed by atoms with Crippen molar-refractivity contribution in [2.75, 3.05) is 11.9 Å². The third-order valence-electron chi connectivity index (χ3n) is 3.61. The molecule has 2 aromatic carbocycles. The van der Waals surface area contributed by atoms with E-state index in [2.05, 4.69) is 15.6 Å². The van der Waals surface area contributed by atoms with Crippen molar-refractivity contribution in [3.8, 4) is 0 Å². The molecule has 5 nitrogen and oxygen atoms in total. The van der Waals surface area contributed by atoms with Crippen LogP contribution < -0.4 is 10.6 Å². The molecule has 0 unspecified atom stereocenters. The first-order valence-electron chi connectivity index (χ1n) is 8.02. The number of benzene rings is 2. The zero-order valence-corrected chi connectivity index (χ0v) is 15.6. The minimum atomic E-state index is -0.451. The number of nitrogens with one attached hydrogen (secondary N) is 2. The third kappa shape index (κ3) is 5.60. The van der Waals surface area contributed by atoms with Crippen LogP contribution in [0.2, 0.25) is 5.02 Å². The molecule has 2 amide bonds. The quantitative estimate of drug-likeness (QED) is 0.655. The number of hydrogen-bond donors (Lipinski definition) is 2. The van der Waals surface area contributed by atoms with Gasteiger partial charge in [-0.15, -0.1) is 11.3 Å². The van der Waals surface area contributed by atoms with Crippen molar-refractivity contribution in [3.05, 3.63) is 81.6 Å². The molecule has 0 aliphatic carbocycles. The van der Waals surface area contributed by atoms with E-state index < -0.39 is 17.6 Å². The number of amides is 2. The van der Waals surface area contributed by atoms with Gasteiger partial charge in [0.2, 0.25) is 5.91 Å². The van der Waals surface area contributed by atoms with E-state index in [-0.39, 0.29) is 12.1 Å². The van der Waals surface area contributed by atoms with Gasteiger partial charge in [-0.05, 0) is 42.0 Å². The molecule has 0 spiro atoms. The average molecular weight is 404 g/mol. The number of thiazole rings is 1. The highest BCUT2D eigenvalue weighted by Gasteiger charge is 2.10. The second kappa shape index (κ2) is 8.75. The van der Waals surface area contributed by atoms with Crippen LogP contribution in [0.25, 0.3) is 0 Å². The maximum absolute atomic E-state index is 12.9. The van der Waals surface area contributed by atoms with Crippen molar-refractivity contribution >= 4 is 39.9 Å². The predicted octanol–water partition coefficient (Wildman–Crippen LogP) is 3.89. The molecule has 0 saturated carbocycles. The maximum atomic E-state index is 12.9. The summed E-state index contributed by atoms with van der Waals surface area (Å²) in [6.45, 7) is -0.206. The van der Waals surface area contributed by atoms with Crippen molar-refractivity contribution in [1.82, 2.24) is 10.3 Å². The smallest absolute Gasteiger partial charge is 0.251 e. The van der Waals surface area contributed by atoms with Gasteiger partial charge >= 0.3 is 0 Å². The fourth-order valence-electron chi connectivity index (χ4n) is 2.28. The minimum Gasteiger partial charge on any atom is -0.343 e. The van der Waals surface area contributed by atoms with E-state index in [1.165, 1.54) is 35.6 Å². The van der Waals surface area contributed by atoms with Gasteiger partial charge in [-0.3, -0.25) is 9.59 Å². The first-order valence-corrected chi connectivity index (χ1v) is 9.22. The molecule has 0 aliphatic heterocycles. The third-order valence-corrected chi connectivity index (χ3v) is 4.77. The molecule has 0 saturated heterocycles. The van der Waals surface area contributed by atoms with Gasteiger partial charge in [0.25, 0.3) is 5.91 Å². The molecule has 0 bridgehead atoms. The van der Waals surface area contributed by atoms with E-state index in [0.29, 0.717) is 16.6 Å². The monoisotopic (exact) mass is 403 g/mol. The molecule has 0 aliphatic rings. The van der Waals surface area contributed by atoms with Crippen LogP contribution in [0, 0.1) is 5.82 Å². The lowest BCUT2D eigenvalue weighted by atomic mass is 10.1. The van der Waals surface area contributed by atoms with Gasteiger partial charge in [0.05, 0.1) is 6.54 Å². The Balaban J connectivity index is 1.49. The normalized spacial score (nSPS) is 10.4. The van der Waals surface area contributed by atoms with Gasteiger partial charge < -0.3 is 10.6 Å². The van der Waals surface area contributed by atoms with Crippen LogP contribution >= 0.6 is 22.9 Å². The van der Waals surface area contributed by atoms with Crippen LogP contribution in [-0.2, 0) is 11.2 Å². The fourth-order valence-corrected chi connectivity index (χ4v) is 3.27. The van der Waals surface area contributed by atoms with Crippen molar-refractivity contribution in [1.29, 1.82) is 0 Å². The van der Waals surface area contributed by atoms with Crippen molar-refractivity contribution in [3.63, 3.8) is 0 Å². The van der Waals surface area contributed by atoms with Crippen molar-refractivity contribution in [2.45, 2.75) is 6.42 Å². The van der Waals surface area contributed by atoms with E-state index in [1.807, 2.05) is 24.3 Å². The Hall–Kier alpha value is -2.77. The van der Waals surface area contributed by atoms with Gasteiger partial charge in [0.1, 0.15) is 5.82 Å². The summed E-state index contributed by atoms with van der Waals surface area (Å²) in [5.74, 6) is -1.27. The summed E-state index contributed by atoms with van der Waals surface area (Å²) in [6.07, 6.45) is 2.39. The number of carbonyl (C=O) groups excluding carboxylic acids is 2. The lowest BCUT2D eigenvalue weighted by Crippen LogP contribution is -2.32. The number of rotatable bonds is 6. The second-order valence-electron chi connectivity index (χ2n) is 5.67. The second-order valence-corrected chi connectivity index (χ2v) is 7.22. The van der Waals surface area contributed by atoms with Gasteiger partial charge in [-0.2, -0.15) is 0 Å². The van der Waals surface area contributed by atoms with E-state index >= 15 is 0 Å². The molecular formula is C19H15ClFN3O2S. The summed E-state index contributed by atoms with van der Waals surface area (Å²) < 4.78 is 12.9. The fraction of sp³-hybridized carbons (Fsp3) is 0.105. The molecule has 0 radical (unpaired) electrons.